The van der Waals surface area contributed by atoms with Crippen LogP contribution in [-0.2, 0) is 4.79 Å². The van der Waals surface area contributed by atoms with Crippen molar-refractivity contribution in [1.29, 1.82) is 0 Å². The van der Waals surface area contributed by atoms with Gasteiger partial charge in [-0.25, -0.2) is 0 Å². The van der Waals surface area contributed by atoms with Crippen LogP contribution in [0.3, 0.4) is 0 Å². The average molecular weight is 242 g/mol. The van der Waals surface area contributed by atoms with Gasteiger partial charge in [-0.15, -0.1) is 0 Å². The van der Waals surface area contributed by atoms with Crippen LogP contribution in [0.2, 0.25) is 0 Å². The standard InChI is InChI=1S/C13H26N2O2/c1-10(2)15(3)13(17)8-14-12-7-5-4-6-11(12)9-16/h10-12,14,16H,4-9H2,1-3H3. The molecule has 1 aliphatic rings. The number of nitrogens with one attached hydrogen (secondary N) is 1. The van der Waals surface area contributed by atoms with Crippen molar-refractivity contribution in [2.45, 2.75) is 51.6 Å². The molecule has 2 N–H and O–H groups in total. The Morgan fingerprint density at radius 3 is 2.65 bits per heavy atom. The molecule has 0 aromatic heterocycles. The summed E-state index contributed by atoms with van der Waals surface area (Å²) in [5.74, 6) is 0.447. The molecule has 0 aliphatic heterocycles. The Bertz CT molecular complexity index is 244. The first-order valence-electron chi connectivity index (χ1n) is 6.66. The summed E-state index contributed by atoms with van der Waals surface area (Å²) in [6.45, 7) is 4.63. The molecule has 4 heteroatoms. The number of likely N-dealkylation sites (N-methyl/N-ethyl adjacent to an activating group) is 1. The van der Waals surface area contributed by atoms with Gasteiger partial charge in [0, 0.05) is 25.7 Å². The SMILES string of the molecule is CC(C)N(C)C(=O)CNC1CCCCC1CO. The van der Waals surface area contributed by atoms with E-state index in [0.717, 1.165) is 12.8 Å². The highest BCUT2D eigenvalue weighted by Crippen LogP contribution is 2.23. The molecule has 1 fully saturated rings. The van der Waals surface area contributed by atoms with Gasteiger partial charge >= 0.3 is 0 Å². The summed E-state index contributed by atoms with van der Waals surface area (Å²) < 4.78 is 0. The van der Waals surface area contributed by atoms with Crippen molar-refractivity contribution in [1.82, 2.24) is 10.2 Å². The smallest absolute Gasteiger partial charge is 0.236 e. The van der Waals surface area contributed by atoms with Crippen LogP contribution in [0.15, 0.2) is 0 Å². The van der Waals surface area contributed by atoms with Gasteiger partial charge in [-0.1, -0.05) is 12.8 Å². The number of nitrogens with zero attached hydrogens (tertiary/aromatic N) is 1. The summed E-state index contributed by atoms with van der Waals surface area (Å²) in [7, 11) is 1.83. The minimum Gasteiger partial charge on any atom is -0.396 e. The topological polar surface area (TPSA) is 52.6 Å². The van der Waals surface area contributed by atoms with Crippen LogP contribution < -0.4 is 5.32 Å². The van der Waals surface area contributed by atoms with Gasteiger partial charge in [0.15, 0.2) is 0 Å². The molecule has 1 rings (SSSR count). The van der Waals surface area contributed by atoms with Crippen molar-refractivity contribution in [3.63, 3.8) is 0 Å². The Morgan fingerprint density at radius 1 is 1.41 bits per heavy atom. The number of aliphatic hydroxyl groups excluding tert-OH is 1. The monoisotopic (exact) mass is 242 g/mol. The van der Waals surface area contributed by atoms with Gasteiger partial charge in [0.25, 0.3) is 0 Å². The van der Waals surface area contributed by atoms with Gasteiger partial charge in [0.2, 0.25) is 5.91 Å². The molecule has 17 heavy (non-hydrogen) atoms. The van der Waals surface area contributed by atoms with Gasteiger partial charge in [-0.05, 0) is 32.6 Å². The second kappa shape index (κ2) is 6.97. The molecule has 0 aromatic rings. The van der Waals surface area contributed by atoms with E-state index in [1.807, 2.05) is 20.9 Å². The molecule has 0 bridgehead atoms. The Hall–Kier alpha value is -0.610. The second-order valence-electron chi connectivity index (χ2n) is 5.31. The van der Waals surface area contributed by atoms with E-state index in [9.17, 15) is 9.90 Å². The molecule has 0 radical (unpaired) electrons. The van der Waals surface area contributed by atoms with E-state index in [-0.39, 0.29) is 18.6 Å². The average Bonchev–Trinajstić information content (AvgIpc) is 2.35. The predicted molar refractivity (Wildman–Crippen MR) is 68.7 cm³/mol. The lowest BCUT2D eigenvalue weighted by Crippen LogP contribution is -2.46. The Morgan fingerprint density at radius 2 is 2.06 bits per heavy atom. The van der Waals surface area contributed by atoms with E-state index in [2.05, 4.69) is 5.32 Å². The van der Waals surface area contributed by atoms with Crippen molar-refractivity contribution in [3.8, 4) is 0 Å². The number of amides is 1. The molecule has 2 unspecified atom stereocenters. The highest BCUT2D eigenvalue weighted by Gasteiger charge is 2.25. The van der Waals surface area contributed by atoms with Crippen molar-refractivity contribution in [2.24, 2.45) is 5.92 Å². The van der Waals surface area contributed by atoms with E-state index < -0.39 is 0 Å². The van der Waals surface area contributed by atoms with Crippen LogP contribution in [0.25, 0.3) is 0 Å². The molecular formula is C13H26N2O2. The first-order valence-corrected chi connectivity index (χ1v) is 6.66. The molecule has 0 aromatic carbocycles. The minimum atomic E-state index is 0.127. The van der Waals surface area contributed by atoms with E-state index in [4.69, 9.17) is 0 Å². The van der Waals surface area contributed by atoms with Crippen LogP contribution in [0.1, 0.15) is 39.5 Å². The van der Waals surface area contributed by atoms with E-state index >= 15 is 0 Å². The molecule has 1 amide bonds. The minimum absolute atomic E-state index is 0.127. The van der Waals surface area contributed by atoms with Crippen molar-refractivity contribution in [3.05, 3.63) is 0 Å². The zero-order valence-electron chi connectivity index (χ0n) is 11.3. The third-order valence-electron chi connectivity index (χ3n) is 3.83. The maximum Gasteiger partial charge on any atom is 0.236 e. The number of carbonyl (C=O) groups excluding carboxylic acids is 1. The molecule has 0 heterocycles. The predicted octanol–water partition coefficient (Wildman–Crippen LogP) is 0.994. The van der Waals surface area contributed by atoms with Crippen LogP contribution >= 0.6 is 0 Å². The van der Waals surface area contributed by atoms with Gasteiger partial charge in [0.1, 0.15) is 0 Å². The van der Waals surface area contributed by atoms with Crippen molar-refractivity contribution < 1.29 is 9.90 Å². The second-order valence-corrected chi connectivity index (χ2v) is 5.31. The third-order valence-corrected chi connectivity index (χ3v) is 3.83. The quantitative estimate of drug-likeness (QED) is 0.756. The van der Waals surface area contributed by atoms with Crippen LogP contribution in [0.4, 0.5) is 0 Å². The molecule has 1 saturated carbocycles. The summed E-state index contributed by atoms with van der Waals surface area (Å²) in [5, 5.41) is 12.6. The first kappa shape index (κ1) is 14.5. The maximum atomic E-state index is 11.8. The molecule has 4 nitrogen and oxygen atoms in total. The molecule has 2 atom stereocenters. The number of hydrogen-bond donors (Lipinski definition) is 2. The highest BCUT2D eigenvalue weighted by molar-refractivity contribution is 5.78. The lowest BCUT2D eigenvalue weighted by molar-refractivity contribution is -0.130. The van der Waals surface area contributed by atoms with E-state index in [1.165, 1.54) is 12.8 Å². The lowest BCUT2D eigenvalue weighted by atomic mass is 9.85. The lowest BCUT2D eigenvalue weighted by Gasteiger charge is -2.31. The molecule has 1 aliphatic carbocycles. The fourth-order valence-electron chi connectivity index (χ4n) is 2.33. The zero-order chi connectivity index (χ0) is 12.8. The number of aliphatic hydroxyl groups is 1. The molecule has 0 spiro atoms. The Balaban J connectivity index is 2.35. The van der Waals surface area contributed by atoms with Gasteiger partial charge in [-0.2, -0.15) is 0 Å². The van der Waals surface area contributed by atoms with Gasteiger partial charge in [0.05, 0.1) is 6.54 Å². The Labute approximate surface area is 104 Å². The fourth-order valence-corrected chi connectivity index (χ4v) is 2.33. The van der Waals surface area contributed by atoms with E-state index in [0.29, 0.717) is 18.5 Å². The molecule has 100 valence electrons. The highest BCUT2D eigenvalue weighted by atomic mass is 16.3. The van der Waals surface area contributed by atoms with Crippen molar-refractivity contribution in [2.75, 3.05) is 20.2 Å². The first-order chi connectivity index (χ1) is 8.06. The van der Waals surface area contributed by atoms with E-state index in [1.54, 1.807) is 4.90 Å². The number of rotatable bonds is 5. The van der Waals surface area contributed by atoms with Crippen LogP contribution in [0.5, 0.6) is 0 Å². The molecular weight excluding hydrogens is 216 g/mol. The normalized spacial score (nSPS) is 25.0. The number of carbonyl (C=O) groups is 1. The summed E-state index contributed by atoms with van der Waals surface area (Å²) >= 11 is 0. The van der Waals surface area contributed by atoms with Crippen molar-refractivity contribution >= 4 is 5.91 Å². The summed E-state index contributed by atoms with van der Waals surface area (Å²) in [4.78, 5) is 13.6. The summed E-state index contributed by atoms with van der Waals surface area (Å²) in [6.07, 6.45) is 4.54. The maximum absolute atomic E-state index is 11.8. The molecule has 0 saturated heterocycles. The zero-order valence-corrected chi connectivity index (χ0v) is 11.3. The summed E-state index contributed by atoms with van der Waals surface area (Å²) in [5.41, 5.74) is 0. The van der Waals surface area contributed by atoms with Crippen LogP contribution in [-0.4, -0.2) is 48.2 Å². The number of hydrogen-bond acceptors (Lipinski definition) is 3. The fraction of sp³-hybridized carbons (Fsp3) is 0.923. The van der Waals surface area contributed by atoms with Gasteiger partial charge in [-0.3, -0.25) is 4.79 Å². The third kappa shape index (κ3) is 4.28. The largest absolute Gasteiger partial charge is 0.396 e. The van der Waals surface area contributed by atoms with Crippen LogP contribution in [0, 0.1) is 5.92 Å². The Kier molecular flexibility index (Phi) is 5.92. The van der Waals surface area contributed by atoms with Gasteiger partial charge < -0.3 is 15.3 Å². The summed E-state index contributed by atoms with van der Waals surface area (Å²) in [6, 6.07) is 0.544.